The summed E-state index contributed by atoms with van der Waals surface area (Å²) in [6.45, 7) is 0.236. The van der Waals surface area contributed by atoms with E-state index in [0.29, 0.717) is 11.1 Å². The Morgan fingerprint density at radius 2 is 1.50 bits per heavy atom. The molecule has 6 heteroatoms. The molecule has 0 aliphatic carbocycles. The molecule has 0 radical (unpaired) electrons. The number of nitrogens with one attached hydrogen (secondary N) is 2. The van der Waals surface area contributed by atoms with Crippen LogP contribution in [0.4, 0.5) is 0 Å². The van der Waals surface area contributed by atoms with E-state index in [2.05, 4.69) is 10.1 Å². The highest BCUT2D eigenvalue weighted by molar-refractivity contribution is 5.96. The van der Waals surface area contributed by atoms with Crippen molar-refractivity contribution in [2.45, 2.75) is 6.42 Å². The molecule has 4 N–H and O–H groups in total. The van der Waals surface area contributed by atoms with Crippen LogP contribution in [0.1, 0.15) is 22.3 Å². The Hall–Kier alpha value is -3.15. The first-order valence-electron chi connectivity index (χ1n) is 7.41. The number of carbonyl (C=O) groups excluding carboxylic acids is 2. The number of hydrogen-bond acceptors (Lipinski definition) is 4. The molecular formula is C18H19N3O3. The highest BCUT2D eigenvalue weighted by atomic mass is 16.5. The summed E-state index contributed by atoms with van der Waals surface area (Å²) in [6, 6.07) is 14.5. The van der Waals surface area contributed by atoms with Crippen LogP contribution in [-0.2, 0) is 9.53 Å². The van der Waals surface area contributed by atoms with Crippen LogP contribution in [0.5, 0.6) is 0 Å². The molecule has 0 saturated carbocycles. The minimum Gasteiger partial charge on any atom is -0.469 e. The van der Waals surface area contributed by atoms with Gasteiger partial charge in [0.1, 0.15) is 5.84 Å². The summed E-state index contributed by atoms with van der Waals surface area (Å²) in [5.41, 5.74) is 8.54. The van der Waals surface area contributed by atoms with Crippen molar-refractivity contribution in [2.24, 2.45) is 5.73 Å². The predicted octanol–water partition coefficient (Wildman–Crippen LogP) is 1.93. The average molecular weight is 325 g/mol. The van der Waals surface area contributed by atoms with Crippen LogP contribution in [0.15, 0.2) is 48.5 Å². The highest BCUT2D eigenvalue weighted by Crippen LogP contribution is 2.20. The normalized spacial score (nSPS) is 10.0. The number of nitrogens with two attached hydrogens (primary N) is 1. The molecule has 0 fully saturated rings. The van der Waals surface area contributed by atoms with Gasteiger partial charge in [0.25, 0.3) is 5.91 Å². The van der Waals surface area contributed by atoms with Crippen molar-refractivity contribution in [1.82, 2.24) is 5.32 Å². The molecule has 0 bridgehead atoms. The van der Waals surface area contributed by atoms with Crippen LogP contribution in [-0.4, -0.2) is 31.4 Å². The summed E-state index contributed by atoms with van der Waals surface area (Å²) in [5, 5.41) is 10.1. The van der Waals surface area contributed by atoms with Gasteiger partial charge in [-0.2, -0.15) is 0 Å². The van der Waals surface area contributed by atoms with Crippen molar-refractivity contribution in [3.8, 4) is 11.1 Å². The van der Waals surface area contributed by atoms with Gasteiger partial charge < -0.3 is 15.8 Å². The zero-order chi connectivity index (χ0) is 17.5. The summed E-state index contributed by atoms with van der Waals surface area (Å²) >= 11 is 0. The van der Waals surface area contributed by atoms with Crippen molar-refractivity contribution in [3.63, 3.8) is 0 Å². The number of esters is 1. The number of amides is 1. The van der Waals surface area contributed by atoms with Gasteiger partial charge in [0.05, 0.1) is 13.5 Å². The highest BCUT2D eigenvalue weighted by Gasteiger charge is 2.07. The summed E-state index contributed by atoms with van der Waals surface area (Å²) in [7, 11) is 1.31. The van der Waals surface area contributed by atoms with Gasteiger partial charge in [-0.1, -0.05) is 36.4 Å². The largest absolute Gasteiger partial charge is 0.469 e. The van der Waals surface area contributed by atoms with Gasteiger partial charge in [-0.15, -0.1) is 0 Å². The third kappa shape index (κ3) is 4.42. The number of ether oxygens (including phenoxy) is 1. The van der Waals surface area contributed by atoms with E-state index in [4.69, 9.17) is 11.1 Å². The second-order valence-corrected chi connectivity index (χ2v) is 5.15. The molecule has 0 atom stereocenters. The fourth-order valence-electron chi connectivity index (χ4n) is 2.14. The summed E-state index contributed by atoms with van der Waals surface area (Å²) < 4.78 is 4.51. The molecule has 0 aliphatic rings. The SMILES string of the molecule is COC(=O)CCNC(=O)c1ccc(-c2ccc(C(=N)N)cc2)cc1. The Kier molecular flexibility index (Phi) is 5.68. The van der Waals surface area contributed by atoms with Crippen LogP contribution < -0.4 is 11.1 Å². The Labute approximate surface area is 140 Å². The summed E-state index contributed by atoms with van der Waals surface area (Å²) in [4.78, 5) is 23.0. The maximum Gasteiger partial charge on any atom is 0.307 e. The minimum absolute atomic E-state index is 0.0283. The molecule has 6 nitrogen and oxygen atoms in total. The van der Waals surface area contributed by atoms with Crippen molar-refractivity contribution in [1.29, 1.82) is 5.41 Å². The lowest BCUT2D eigenvalue weighted by Gasteiger charge is -2.07. The van der Waals surface area contributed by atoms with E-state index >= 15 is 0 Å². The lowest BCUT2D eigenvalue weighted by Crippen LogP contribution is -2.26. The standard InChI is InChI=1S/C18H19N3O3/c1-24-16(22)10-11-21-18(23)15-8-4-13(5-9-15)12-2-6-14(7-3-12)17(19)20/h2-9H,10-11H2,1H3,(H3,19,20)(H,21,23). The average Bonchev–Trinajstić information content (AvgIpc) is 2.61. The Morgan fingerprint density at radius 1 is 1.00 bits per heavy atom. The molecule has 2 rings (SSSR count). The maximum atomic E-state index is 12.0. The molecule has 2 aromatic rings. The van der Waals surface area contributed by atoms with Crippen molar-refractivity contribution < 1.29 is 14.3 Å². The van der Waals surface area contributed by atoms with Gasteiger partial charge in [-0.05, 0) is 23.3 Å². The number of methoxy groups -OCH3 is 1. The van der Waals surface area contributed by atoms with Crippen LogP contribution in [0.2, 0.25) is 0 Å². The molecule has 124 valence electrons. The first kappa shape index (κ1) is 17.2. The van der Waals surface area contributed by atoms with Gasteiger partial charge in [-0.25, -0.2) is 0 Å². The number of benzene rings is 2. The fourth-order valence-corrected chi connectivity index (χ4v) is 2.14. The number of rotatable bonds is 6. The predicted molar refractivity (Wildman–Crippen MR) is 91.9 cm³/mol. The maximum absolute atomic E-state index is 12.0. The second-order valence-electron chi connectivity index (χ2n) is 5.15. The first-order chi connectivity index (χ1) is 11.5. The van der Waals surface area contributed by atoms with Crippen molar-refractivity contribution >= 4 is 17.7 Å². The van der Waals surface area contributed by atoms with Gasteiger partial charge in [0.15, 0.2) is 0 Å². The lowest BCUT2D eigenvalue weighted by molar-refractivity contribution is -0.140. The Bertz CT molecular complexity index is 737. The van der Waals surface area contributed by atoms with E-state index < -0.39 is 0 Å². The van der Waals surface area contributed by atoms with E-state index in [0.717, 1.165) is 11.1 Å². The zero-order valence-corrected chi connectivity index (χ0v) is 13.3. The third-order valence-corrected chi connectivity index (χ3v) is 3.52. The topological polar surface area (TPSA) is 105 Å². The van der Waals surface area contributed by atoms with Crippen LogP contribution >= 0.6 is 0 Å². The molecule has 0 aromatic heterocycles. The molecule has 0 spiro atoms. The van der Waals surface area contributed by atoms with Crippen molar-refractivity contribution in [2.75, 3.05) is 13.7 Å². The molecular weight excluding hydrogens is 306 g/mol. The molecule has 0 heterocycles. The molecule has 0 saturated heterocycles. The number of amidine groups is 1. The Balaban J connectivity index is 2.00. The smallest absolute Gasteiger partial charge is 0.307 e. The molecule has 24 heavy (non-hydrogen) atoms. The van der Waals surface area contributed by atoms with Crippen LogP contribution in [0.25, 0.3) is 11.1 Å². The fraction of sp³-hybridized carbons (Fsp3) is 0.167. The molecule has 1 amide bonds. The zero-order valence-electron chi connectivity index (χ0n) is 13.3. The first-order valence-corrected chi connectivity index (χ1v) is 7.41. The third-order valence-electron chi connectivity index (χ3n) is 3.52. The Morgan fingerprint density at radius 3 is 1.96 bits per heavy atom. The van der Waals surface area contributed by atoms with Gasteiger partial charge in [0.2, 0.25) is 0 Å². The van der Waals surface area contributed by atoms with Gasteiger partial charge in [-0.3, -0.25) is 15.0 Å². The molecule has 0 aliphatic heterocycles. The monoisotopic (exact) mass is 325 g/mol. The van der Waals surface area contributed by atoms with Crippen LogP contribution in [0, 0.1) is 5.41 Å². The van der Waals surface area contributed by atoms with Crippen LogP contribution in [0.3, 0.4) is 0 Å². The summed E-state index contributed by atoms with van der Waals surface area (Å²) in [5.74, 6) is -0.572. The van der Waals surface area contributed by atoms with Gasteiger partial charge in [0, 0.05) is 17.7 Å². The minimum atomic E-state index is -0.361. The van der Waals surface area contributed by atoms with E-state index in [9.17, 15) is 9.59 Å². The van der Waals surface area contributed by atoms with Gasteiger partial charge >= 0.3 is 5.97 Å². The van der Waals surface area contributed by atoms with E-state index in [1.807, 2.05) is 24.3 Å². The number of hydrogen-bond donors (Lipinski definition) is 3. The second kappa shape index (κ2) is 7.92. The lowest BCUT2D eigenvalue weighted by atomic mass is 10.0. The number of nitrogen functional groups attached to an aromatic ring is 1. The van der Waals surface area contributed by atoms with Crippen molar-refractivity contribution in [3.05, 3.63) is 59.7 Å². The van der Waals surface area contributed by atoms with E-state index in [1.54, 1.807) is 24.3 Å². The molecule has 2 aromatic carbocycles. The summed E-state index contributed by atoms with van der Waals surface area (Å²) in [6.07, 6.45) is 0.142. The molecule has 0 unspecified atom stereocenters. The quantitative estimate of drug-likeness (QED) is 0.429. The van der Waals surface area contributed by atoms with E-state index in [-0.39, 0.29) is 30.7 Å². The van der Waals surface area contributed by atoms with E-state index in [1.165, 1.54) is 7.11 Å². The number of carbonyl (C=O) groups is 2.